The van der Waals surface area contributed by atoms with Gasteiger partial charge in [0.15, 0.2) is 9.84 Å². The number of thiophene rings is 1. The Kier molecular flexibility index (Phi) is 5.03. The number of nitrogens with zero attached hydrogens (tertiary/aromatic N) is 1. The number of rotatable bonds is 6. The van der Waals surface area contributed by atoms with Crippen LogP contribution in [0.2, 0.25) is 0 Å². The smallest absolute Gasteiger partial charge is 0.236 e. The summed E-state index contributed by atoms with van der Waals surface area (Å²) < 4.78 is 44.0. The van der Waals surface area contributed by atoms with E-state index >= 15 is 0 Å². The van der Waals surface area contributed by atoms with Gasteiger partial charge in [-0.1, -0.05) is 24.3 Å². The van der Waals surface area contributed by atoms with Gasteiger partial charge in [0.1, 0.15) is 11.6 Å². The van der Waals surface area contributed by atoms with Gasteiger partial charge in [0.05, 0.1) is 28.2 Å². The molecule has 0 saturated carbocycles. The first-order valence-electron chi connectivity index (χ1n) is 7.49. The summed E-state index contributed by atoms with van der Waals surface area (Å²) in [6, 6.07) is 9.25. The molecule has 5 nitrogen and oxygen atoms in total. The standard InChI is InChI=1S/C17H16FNO4S2/c1-11-14(19-17(23-11)16-7-4-8-24-16)9-25(21,22)10-15(20)12-5-2-3-6-13(12)18/h2-8,15,20H,9-10H2,1H3. The van der Waals surface area contributed by atoms with Crippen molar-refractivity contribution >= 4 is 21.2 Å². The Morgan fingerprint density at radius 3 is 2.72 bits per heavy atom. The molecule has 132 valence electrons. The fourth-order valence-corrected chi connectivity index (χ4v) is 4.52. The van der Waals surface area contributed by atoms with Gasteiger partial charge in [0.25, 0.3) is 0 Å². The van der Waals surface area contributed by atoms with E-state index in [0.29, 0.717) is 17.3 Å². The van der Waals surface area contributed by atoms with Crippen LogP contribution in [-0.4, -0.2) is 24.3 Å². The molecule has 2 aromatic heterocycles. The van der Waals surface area contributed by atoms with E-state index in [9.17, 15) is 17.9 Å². The van der Waals surface area contributed by atoms with Crippen LogP contribution in [0.3, 0.4) is 0 Å². The molecular weight excluding hydrogens is 365 g/mol. The van der Waals surface area contributed by atoms with Crippen molar-refractivity contribution in [1.82, 2.24) is 4.98 Å². The molecule has 1 unspecified atom stereocenters. The molecule has 0 aliphatic heterocycles. The average molecular weight is 381 g/mol. The second kappa shape index (κ2) is 7.07. The van der Waals surface area contributed by atoms with Crippen LogP contribution in [0.4, 0.5) is 4.39 Å². The normalized spacial score (nSPS) is 13.1. The molecule has 2 heterocycles. The zero-order valence-corrected chi connectivity index (χ0v) is 15.0. The van der Waals surface area contributed by atoms with Crippen molar-refractivity contribution in [3.63, 3.8) is 0 Å². The maximum absolute atomic E-state index is 13.7. The highest BCUT2D eigenvalue weighted by molar-refractivity contribution is 7.90. The third-order valence-corrected chi connectivity index (χ3v) is 6.05. The molecule has 0 radical (unpaired) electrons. The summed E-state index contributed by atoms with van der Waals surface area (Å²) in [7, 11) is -3.71. The topological polar surface area (TPSA) is 80.4 Å². The maximum Gasteiger partial charge on any atom is 0.236 e. The number of benzene rings is 1. The second-order valence-corrected chi connectivity index (χ2v) is 8.65. The number of aliphatic hydroxyl groups excluding tert-OH is 1. The van der Waals surface area contributed by atoms with Crippen molar-refractivity contribution in [3.8, 4) is 10.8 Å². The van der Waals surface area contributed by atoms with E-state index in [1.165, 1.54) is 29.5 Å². The van der Waals surface area contributed by atoms with Gasteiger partial charge in [0, 0.05) is 5.56 Å². The Hall–Kier alpha value is -2.03. The molecule has 1 N–H and O–H groups in total. The molecule has 0 bridgehead atoms. The van der Waals surface area contributed by atoms with Gasteiger partial charge in [-0.3, -0.25) is 0 Å². The van der Waals surface area contributed by atoms with Crippen molar-refractivity contribution in [2.24, 2.45) is 0 Å². The van der Waals surface area contributed by atoms with E-state index in [0.717, 1.165) is 4.88 Å². The minimum Gasteiger partial charge on any atom is -0.440 e. The van der Waals surface area contributed by atoms with E-state index in [4.69, 9.17) is 4.42 Å². The summed E-state index contributed by atoms with van der Waals surface area (Å²) in [6.07, 6.45) is -1.44. The molecule has 3 rings (SSSR count). The average Bonchev–Trinajstić information content (AvgIpc) is 3.17. The first-order valence-corrected chi connectivity index (χ1v) is 10.2. The number of aryl methyl sites for hydroxylation is 1. The van der Waals surface area contributed by atoms with E-state index in [-0.39, 0.29) is 11.3 Å². The van der Waals surface area contributed by atoms with Crippen molar-refractivity contribution in [2.75, 3.05) is 5.75 Å². The molecule has 0 spiro atoms. The monoisotopic (exact) mass is 381 g/mol. The highest BCUT2D eigenvalue weighted by atomic mass is 32.2. The molecule has 1 aromatic carbocycles. The molecule has 3 aromatic rings. The molecule has 0 amide bonds. The molecule has 25 heavy (non-hydrogen) atoms. The Morgan fingerprint density at radius 2 is 2.04 bits per heavy atom. The lowest BCUT2D eigenvalue weighted by molar-refractivity contribution is 0.196. The minimum atomic E-state index is -3.71. The van der Waals surface area contributed by atoms with Gasteiger partial charge >= 0.3 is 0 Å². The van der Waals surface area contributed by atoms with Crippen molar-refractivity contribution < 1.29 is 22.3 Å². The Morgan fingerprint density at radius 1 is 1.28 bits per heavy atom. The predicted octanol–water partition coefficient (Wildman–Crippen LogP) is 3.50. The lowest BCUT2D eigenvalue weighted by Crippen LogP contribution is -2.17. The number of hydrogen-bond donors (Lipinski definition) is 1. The molecule has 8 heteroatoms. The lowest BCUT2D eigenvalue weighted by atomic mass is 10.1. The number of hydrogen-bond acceptors (Lipinski definition) is 6. The SMILES string of the molecule is Cc1oc(-c2cccs2)nc1CS(=O)(=O)CC(O)c1ccccc1F. The van der Waals surface area contributed by atoms with Crippen molar-refractivity contribution in [3.05, 3.63) is 64.6 Å². The van der Waals surface area contributed by atoms with Crippen LogP contribution in [0.5, 0.6) is 0 Å². The summed E-state index contributed by atoms with van der Waals surface area (Å²) in [5.74, 6) is -0.823. The van der Waals surface area contributed by atoms with Gasteiger partial charge in [-0.05, 0) is 24.4 Å². The number of sulfone groups is 1. The Labute approximate surface area is 148 Å². The van der Waals surface area contributed by atoms with Crippen LogP contribution in [0.15, 0.2) is 46.2 Å². The third kappa shape index (κ3) is 4.15. The number of aliphatic hydroxyl groups is 1. The quantitative estimate of drug-likeness (QED) is 0.707. The Bertz CT molecular complexity index is 964. The molecule has 0 aliphatic rings. The fraction of sp³-hybridized carbons (Fsp3) is 0.235. The van der Waals surface area contributed by atoms with Crippen LogP contribution < -0.4 is 0 Å². The van der Waals surface area contributed by atoms with Crippen LogP contribution in [-0.2, 0) is 15.6 Å². The Balaban J connectivity index is 1.77. The number of oxazole rings is 1. The molecule has 0 aliphatic carbocycles. The van der Waals surface area contributed by atoms with Gasteiger partial charge < -0.3 is 9.52 Å². The number of halogens is 1. The van der Waals surface area contributed by atoms with E-state index in [1.807, 2.05) is 17.5 Å². The van der Waals surface area contributed by atoms with Crippen molar-refractivity contribution in [1.29, 1.82) is 0 Å². The van der Waals surface area contributed by atoms with Crippen LogP contribution in [0, 0.1) is 12.7 Å². The third-order valence-electron chi connectivity index (χ3n) is 3.66. The largest absolute Gasteiger partial charge is 0.440 e. The minimum absolute atomic E-state index is 0.0396. The summed E-state index contributed by atoms with van der Waals surface area (Å²) >= 11 is 1.44. The molecular formula is C17H16FNO4S2. The highest BCUT2D eigenvalue weighted by Crippen LogP contribution is 2.27. The zero-order chi connectivity index (χ0) is 18.0. The van der Waals surface area contributed by atoms with Gasteiger partial charge in [-0.15, -0.1) is 11.3 Å². The van der Waals surface area contributed by atoms with Crippen LogP contribution in [0.1, 0.15) is 23.1 Å². The number of aromatic nitrogens is 1. The molecule has 0 fully saturated rings. The van der Waals surface area contributed by atoms with E-state index in [1.54, 1.807) is 13.0 Å². The zero-order valence-electron chi connectivity index (χ0n) is 13.3. The summed E-state index contributed by atoms with van der Waals surface area (Å²) in [6.45, 7) is 1.64. The van der Waals surface area contributed by atoms with Crippen LogP contribution >= 0.6 is 11.3 Å². The van der Waals surface area contributed by atoms with Gasteiger partial charge in [0.2, 0.25) is 5.89 Å². The second-order valence-electron chi connectivity index (χ2n) is 5.59. The summed E-state index contributed by atoms with van der Waals surface area (Å²) in [4.78, 5) is 5.05. The highest BCUT2D eigenvalue weighted by Gasteiger charge is 2.24. The van der Waals surface area contributed by atoms with Crippen LogP contribution in [0.25, 0.3) is 10.8 Å². The van der Waals surface area contributed by atoms with Crippen molar-refractivity contribution in [2.45, 2.75) is 18.8 Å². The summed E-state index contributed by atoms with van der Waals surface area (Å²) in [5, 5.41) is 11.9. The summed E-state index contributed by atoms with van der Waals surface area (Å²) in [5.41, 5.74) is 0.256. The lowest BCUT2D eigenvalue weighted by Gasteiger charge is -2.12. The predicted molar refractivity (Wildman–Crippen MR) is 93.4 cm³/mol. The van der Waals surface area contributed by atoms with E-state index < -0.39 is 27.5 Å². The van der Waals surface area contributed by atoms with Gasteiger partial charge in [-0.2, -0.15) is 0 Å². The first kappa shape index (κ1) is 17.8. The maximum atomic E-state index is 13.7. The molecule has 0 saturated heterocycles. The van der Waals surface area contributed by atoms with E-state index in [2.05, 4.69) is 4.98 Å². The fourth-order valence-electron chi connectivity index (χ4n) is 2.41. The first-order chi connectivity index (χ1) is 11.9. The molecule has 1 atom stereocenters. The van der Waals surface area contributed by atoms with Gasteiger partial charge in [-0.25, -0.2) is 17.8 Å².